The Kier molecular flexibility index (Phi) is 44.9. The zero-order valence-electron chi connectivity index (χ0n) is 41.5. The Bertz CT molecular complexity index is 1300. The number of carboxylic acid groups (broad SMARTS) is 2. The van der Waals surface area contributed by atoms with Crippen LogP contribution in [0.5, 0.6) is 0 Å². The SMILES string of the molecule is CCCCCCCCCCCCCCCCCCCCOC(=O)c1ccc(C(=O)[O-])cc1.CCCCCCCCCCCCCCCCCCCCOC(=O)c1ccc(C(=O)[O-])cc1.[Ca+2]. The molecule has 2 rings (SSSR count). The largest absolute Gasteiger partial charge is 2.00 e. The van der Waals surface area contributed by atoms with Crippen molar-refractivity contribution in [1.29, 1.82) is 0 Å². The van der Waals surface area contributed by atoms with Crippen LogP contribution < -0.4 is 10.2 Å². The summed E-state index contributed by atoms with van der Waals surface area (Å²) in [4.78, 5) is 45.3. The third kappa shape index (κ3) is 38.3. The number of hydrogen-bond donors (Lipinski definition) is 0. The maximum Gasteiger partial charge on any atom is 2.00 e. The normalized spacial score (nSPS) is 10.7. The van der Waals surface area contributed by atoms with Crippen LogP contribution >= 0.6 is 0 Å². The Balaban J connectivity index is 0.00000124. The van der Waals surface area contributed by atoms with E-state index in [1.54, 1.807) is 0 Å². The summed E-state index contributed by atoms with van der Waals surface area (Å²) in [6.07, 6.45) is 47.9. The zero-order valence-corrected chi connectivity index (χ0v) is 43.7. The number of hydrogen-bond acceptors (Lipinski definition) is 8. The van der Waals surface area contributed by atoms with Gasteiger partial charge in [0.05, 0.1) is 36.3 Å². The molecule has 2 aromatic carbocycles. The molecule has 0 radical (unpaired) electrons. The van der Waals surface area contributed by atoms with Crippen molar-refractivity contribution in [1.82, 2.24) is 0 Å². The molecule has 0 unspecified atom stereocenters. The molecule has 0 aliphatic rings. The molecule has 0 saturated carbocycles. The summed E-state index contributed by atoms with van der Waals surface area (Å²) in [5.74, 6) is -3.30. The van der Waals surface area contributed by atoms with Gasteiger partial charge in [-0.2, -0.15) is 0 Å². The summed E-state index contributed by atoms with van der Waals surface area (Å²) in [6, 6.07) is 11.3. The zero-order chi connectivity index (χ0) is 46.6. The van der Waals surface area contributed by atoms with Gasteiger partial charge in [-0.25, -0.2) is 9.59 Å². The molecule has 0 aliphatic heterocycles. The average molecular weight is 931 g/mol. The number of rotatable bonds is 42. The fraction of sp³-hybridized carbons (Fsp3) is 0.714. The molecule has 8 nitrogen and oxygen atoms in total. The van der Waals surface area contributed by atoms with Crippen LogP contribution in [-0.4, -0.2) is 74.8 Å². The molecule has 0 aromatic heterocycles. The molecule has 0 amide bonds. The van der Waals surface area contributed by atoms with E-state index in [1.165, 1.54) is 254 Å². The van der Waals surface area contributed by atoms with E-state index in [-0.39, 0.29) is 48.9 Å². The fourth-order valence-corrected chi connectivity index (χ4v) is 7.99. The predicted molar refractivity (Wildman–Crippen MR) is 265 cm³/mol. The van der Waals surface area contributed by atoms with Crippen LogP contribution in [0.3, 0.4) is 0 Å². The standard InChI is InChI=1S/2C28H46O4.Ca/c2*1-2-3-4-5-6-7-8-9-10-11-12-13-14-15-16-17-18-19-24-32-28(31)26-22-20-25(21-23-26)27(29)30;/h2*20-23H,2-19,24H2,1H3,(H,29,30);/q;;+2/p-2. The van der Waals surface area contributed by atoms with Gasteiger partial charge >= 0.3 is 49.7 Å². The Morgan fingerprint density at radius 1 is 0.308 bits per heavy atom. The van der Waals surface area contributed by atoms with Crippen molar-refractivity contribution in [2.75, 3.05) is 13.2 Å². The summed E-state index contributed by atoms with van der Waals surface area (Å²) in [5.41, 5.74) is 0.866. The molecule has 0 atom stereocenters. The molecule has 0 fully saturated rings. The Labute approximate surface area is 426 Å². The van der Waals surface area contributed by atoms with E-state index in [4.69, 9.17) is 9.47 Å². The summed E-state index contributed by atoms with van der Waals surface area (Å²) in [7, 11) is 0. The van der Waals surface area contributed by atoms with Gasteiger partial charge < -0.3 is 29.3 Å². The van der Waals surface area contributed by atoms with Crippen molar-refractivity contribution < 1.29 is 38.9 Å². The summed E-state index contributed by atoms with van der Waals surface area (Å²) in [6.45, 7) is 5.38. The van der Waals surface area contributed by atoms with E-state index in [1.807, 2.05) is 0 Å². The van der Waals surface area contributed by atoms with Crippen LogP contribution in [0.2, 0.25) is 0 Å². The van der Waals surface area contributed by atoms with Crippen LogP contribution in [0, 0.1) is 0 Å². The number of aromatic carboxylic acids is 2. The molecule has 364 valence electrons. The maximum absolute atomic E-state index is 11.9. The monoisotopic (exact) mass is 931 g/mol. The number of carboxylic acids is 2. The van der Waals surface area contributed by atoms with Crippen molar-refractivity contribution in [3.05, 3.63) is 70.8 Å². The first-order chi connectivity index (χ1) is 31.3. The molecule has 0 heterocycles. The van der Waals surface area contributed by atoms with Crippen LogP contribution in [0.4, 0.5) is 0 Å². The molecule has 0 bridgehead atoms. The Morgan fingerprint density at radius 2 is 0.477 bits per heavy atom. The quantitative estimate of drug-likeness (QED) is 0.0365. The first kappa shape index (κ1) is 62.6. The summed E-state index contributed by atoms with van der Waals surface area (Å²) in [5, 5.41) is 21.4. The molecule has 0 aliphatic carbocycles. The second-order valence-electron chi connectivity index (χ2n) is 18.0. The third-order valence-electron chi connectivity index (χ3n) is 12.2. The molecule has 0 saturated heterocycles. The fourth-order valence-electron chi connectivity index (χ4n) is 7.99. The van der Waals surface area contributed by atoms with Crippen molar-refractivity contribution in [2.24, 2.45) is 0 Å². The van der Waals surface area contributed by atoms with Gasteiger partial charge in [-0.1, -0.05) is 256 Å². The van der Waals surface area contributed by atoms with Crippen molar-refractivity contribution in [3.8, 4) is 0 Å². The van der Waals surface area contributed by atoms with Gasteiger partial charge in [-0.15, -0.1) is 0 Å². The molecular weight excluding hydrogens is 841 g/mol. The smallest absolute Gasteiger partial charge is 0.545 e. The molecule has 65 heavy (non-hydrogen) atoms. The van der Waals surface area contributed by atoms with Gasteiger partial charge in [-0.05, 0) is 48.2 Å². The van der Waals surface area contributed by atoms with E-state index >= 15 is 0 Å². The molecule has 2 aromatic rings. The minimum absolute atomic E-state index is 0. The van der Waals surface area contributed by atoms with Crippen molar-refractivity contribution in [3.63, 3.8) is 0 Å². The van der Waals surface area contributed by atoms with Crippen LogP contribution in [0.1, 0.15) is 286 Å². The van der Waals surface area contributed by atoms with Gasteiger partial charge in [0.1, 0.15) is 0 Å². The van der Waals surface area contributed by atoms with E-state index in [0.717, 1.165) is 25.7 Å². The molecule has 9 heteroatoms. The van der Waals surface area contributed by atoms with E-state index in [0.29, 0.717) is 24.3 Å². The van der Waals surface area contributed by atoms with Gasteiger partial charge in [0.2, 0.25) is 0 Å². The van der Waals surface area contributed by atoms with Gasteiger partial charge in [0.15, 0.2) is 0 Å². The number of carbonyl (C=O) groups is 4. The Morgan fingerprint density at radius 3 is 0.662 bits per heavy atom. The van der Waals surface area contributed by atoms with Crippen LogP contribution in [0.15, 0.2) is 48.5 Å². The third-order valence-corrected chi connectivity index (χ3v) is 12.2. The minimum Gasteiger partial charge on any atom is -0.545 e. The predicted octanol–water partition coefficient (Wildman–Crippen LogP) is 14.1. The number of ether oxygens (including phenoxy) is 2. The van der Waals surface area contributed by atoms with E-state index < -0.39 is 23.9 Å². The average Bonchev–Trinajstić information content (AvgIpc) is 3.30. The van der Waals surface area contributed by atoms with E-state index in [9.17, 15) is 29.4 Å². The van der Waals surface area contributed by atoms with Crippen LogP contribution in [0.25, 0.3) is 0 Å². The van der Waals surface area contributed by atoms with Gasteiger partial charge in [-0.3, -0.25) is 0 Å². The Hall–Kier alpha value is -2.42. The topological polar surface area (TPSA) is 133 Å². The summed E-state index contributed by atoms with van der Waals surface area (Å²) >= 11 is 0. The van der Waals surface area contributed by atoms with Crippen LogP contribution in [-0.2, 0) is 9.47 Å². The number of benzene rings is 2. The van der Waals surface area contributed by atoms with Crippen molar-refractivity contribution in [2.45, 2.75) is 245 Å². The first-order valence-electron chi connectivity index (χ1n) is 26.3. The number of esters is 2. The number of unbranched alkanes of at least 4 members (excludes halogenated alkanes) is 34. The molecule has 0 spiro atoms. The maximum atomic E-state index is 11.9. The minimum atomic E-state index is -1.25. The molecular formula is C56H90CaO8. The summed E-state index contributed by atoms with van der Waals surface area (Å²) < 4.78 is 10.5. The van der Waals surface area contributed by atoms with Gasteiger partial charge in [0, 0.05) is 0 Å². The number of carbonyl (C=O) groups excluding carboxylic acids is 4. The first-order valence-corrected chi connectivity index (χ1v) is 26.3. The molecule has 0 N–H and O–H groups in total. The van der Waals surface area contributed by atoms with E-state index in [2.05, 4.69) is 13.8 Å². The van der Waals surface area contributed by atoms with Crippen molar-refractivity contribution >= 4 is 61.6 Å². The van der Waals surface area contributed by atoms with Gasteiger partial charge in [0.25, 0.3) is 0 Å². The second-order valence-corrected chi connectivity index (χ2v) is 18.0. The second kappa shape index (κ2) is 46.7.